The Morgan fingerprint density at radius 3 is 2.51 bits per heavy atom. The Hall–Kier alpha value is -0.841. The molecule has 2 aliphatic heterocycles. The number of halogens is 1. The topological polar surface area (TPSA) is 81.0 Å². The first-order valence-electron chi connectivity index (χ1n) is 11.8. The summed E-state index contributed by atoms with van der Waals surface area (Å²) in [6.07, 6.45) is 3.74. The van der Waals surface area contributed by atoms with Crippen LogP contribution in [0.1, 0.15) is 37.2 Å². The average molecular weight is 610 g/mol. The number of methoxy groups -OCH3 is 1. The quantitative estimate of drug-likeness (QED) is 0.264. The van der Waals surface area contributed by atoms with E-state index in [9.17, 15) is 14.0 Å². The molecule has 11 heteroatoms. The van der Waals surface area contributed by atoms with E-state index in [1.165, 1.54) is 19.2 Å². The van der Waals surface area contributed by atoms with E-state index >= 15 is 0 Å². The number of hydrogen-bond donors (Lipinski definition) is 0. The van der Waals surface area contributed by atoms with Crippen LogP contribution in [0.4, 0.5) is 4.39 Å². The van der Waals surface area contributed by atoms with Crippen molar-refractivity contribution in [2.24, 2.45) is 5.92 Å². The molecule has 2 fully saturated rings. The molecule has 1 amide bonds. The Labute approximate surface area is 229 Å². The van der Waals surface area contributed by atoms with Crippen molar-refractivity contribution in [1.82, 2.24) is 9.80 Å². The number of carbonyl (C=O) groups is 2. The number of esters is 1. The first-order chi connectivity index (χ1) is 17.0. The molecule has 0 aromatic heterocycles. The number of nitrogens with zero attached hydrogens (tertiary/aromatic N) is 3. The van der Waals surface area contributed by atoms with Gasteiger partial charge in [0.05, 0.1) is 18.9 Å². The van der Waals surface area contributed by atoms with Gasteiger partial charge in [-0.25, -0.2) is 4.39 Å². The first kappa shape index (κ1) is 30.4. The van der Waals surface area contributed by atoms with Crippen LogP contribution in [0.3, 0.4) is 0 Å². The summed E-state index contributed by atoms with van der Waals surface area (Å²) in [4.78, 5) is 29.4. The van der Waals surface area contributed by atoms with Gasteiger partial charge in [0.2, 0.25) is 0 Å². The number of amides is 1. The second-order valence-electron chi connectivity index (χ2n) is 8.79. The summed E-state index contributed by atoms with van der Waals surface area (Å²) in [5.74, 6) is 0.176. The van der Waals surface area contributed by atoms with Crippen LogP contribution in [0, 0.1) is 11.7 Å². The molecule has 2 aliphatic rings. The summed E-state index contributed by atoms with van der Waals surface area (Å²) in [6.45, 7) is 2.94. The Morgan fingerprint density at radius 1 is 1.17 bits per heavy atom. The van der Waals surface area contributed by atoms with Crippen molar-refractivity contribution in [2.45, 2.75) is 43.7 Å². The molecule has 0 aliphatic carbocycles. The van der Waals surface area contributed by atoms with Gasteiger partial charge in [-0.1, -0.05) is 12.1 Å². The molecule has 2 heterocycles. The first-order valence-corrected chi connectivity index (χ1v) is 13.7. The molecule has 2 unspecified atom stereocenters. The van der Waals surface area contributed by atoms with E-state index in [2.05, 4.69) is 15.1 Å². The van der Waals surface area contributed by atoms with Gasteiger partial charge in [-0.3, -0.25) is 14.6 Å². The molecule has 4 atom stereocenters. The van der Waals surface area contributed by atoms with E-state index in [1.807, 2.05) is 0 Å². The van der Waals surface area contributed by atoms with E-state index in [0.29, 0.717) is 30.6 Å². The Balaban J connectivity index is 0.00000210. The number of hydrogen-bond acceptors (Lipinski definition) is 8. The van der Waals surface area contributed by atoms with E-state index in [-0.39, 0.29) is 42.1 Å². The van der Waals surface area contributed by atoms with Crippen LogP contribution in [-0.2, 0) is 61.9 Å². The summed E-state index contributed by atoms with van der Waals surface area (Å²) in [6, 6.07) is 7.03. The molecule has 193 valence electrons. The van der Waals surface area contributed by atoms with Crippen molar-refractivity contribution in [3.8, 4) is 0 Å². The number of fused-ring (bicyclic) bond motifs is 2. The standard InChI is InChI=1S/C24H36FN3O3S2.O.Tc/c1-31-24(30)23-20(17-3-5-18(25)6-4-17)15-19-7-8-21(23)28(19)11-2-10-27(12-14-33)16-22(29)26-9-13-32;;/h3-6,19-21,23H,2,7-16H2,1H3,(H3,26,29,32,33);;/q;;+4/p-3/t19?,20-,21?,23+;;/m1../s1/i;;1+1. The number of piperidine rings is 1. The second-order valence-corrected chi connectivity index (χ2v) is 9.61. The minimum atomic E-state index is -0.271. The van der Waals surface area contributed by atoms with Gasteiger partial charge in [0.1, 0.15) is 5.82 Å². The number of rotatable bonds is 12. The molecule has 0 radical (unpaired) electrons. The predicted octanol–water partition coefficient (Wildman–Crippen LogP) is 2.50. The van der Waals surface area contributed by atoms with Gasteiger partial charge < -0.3 is 40.1 Å². The van der Waals surface area contributed by atoms with Crippen LogP contribution in [0.5, 0.6) is 0 Å². The molecule has 0 spiro atoms. The molecule has 0 saturated carbocycles. The third kappa shape index (κ3) is 8.61. The summed E-state index contributed by atoms with van der Waals surface area (Å²) < 4.78 is 26.9. The van der Waals surface area contributed by atoms with Crippen LogP contribution in [0.25, 0.3) is 5.32 Å². The molecular formula is C24H33FN3O4S2Tc+. The van der Waals surface area contributed by atoms with Crippen molar-refractivity contribution >= 4 is 37.1 Å². The number of ether oxygens (including phenoxy) is 1. The van der Waals surface area contributed by atoms with Crippen molar-refractivity contribution in [1.29, 1.82) is 0 Å². The van der Waals surface area contributed by atoms with Crippen LogP contribution >= 0.6 is 0 Å². The van der Waals surface area contributed by atoms with Crippen molar-refractivity contribution in [2.75, 3.05) is 51.3 Å². The average Bonchev–Trinajstić information content (AvgIpc) is 3.14. The van der Waals surface area contributed by atoms with Gasteiger partial charge in [0.25, 0.3) is 0 Å². The molecule has 3 rings (SSSR count). The fourth-order valence-electron chi connectivity index (χ4n) is 5.46. The van der Waals surface area contributed by atoms with Gasteiger partial charge in [-0.05, 0) is 63.0 Å². The number of benzene rings is 1. The third-order valence-electron chi connectivity index (χ3n) is 6.87. The fourth-order valence-corrected chi connectivity index (χ4v) is 5.81. The van der Waals surface area contributed by atoms with Gasteiger partial charge in [-0.2, -0.15) is 18.1 Å². The molecule has 2 saturated heterocycles. The molecule has 1 aromatic rings. The molecular weight excluding hydrogens is 576 g/mol. The fraction of sp³-hybridized carbons (Fsp3) is 0.667. The second kappa shape index (κ2) is 16.1. The SMILES string of the molecule is COC(=O)[C@@H]1C2CCC(C[C@@H]1c1ccc(F)cc1)N2CCCN(CC[S-])CC(=O)[N-]CC[S-].[O]=[99Tc+4]. The van der Waals surface area contributed by atoms with E-state index in [0.717, 1.165) is 63.2 Å². The minimum absolute atomic E-state index is 0.0344. The normalized spacial score (nSPS) is 23.5. The van der Waals surface area contributed by atoms with Gasteiger partial charge in [0, 0.05) is 24.5 Å². The number of carbonyl (C=O) groups excluding carboxylic acids is 2. The van der Waals surface area contributed by atoms with Gasteiger partial charge >= 0.3 is 28.3 Å². The zero-order chi connectivity index (χ0) is 25.8. The summed E-state index contributed by atoms with van der Waals surface area (Å²) in [5.41, 5.74) is 1.00. The van der Waals surface area contributed by atoms with Crippen LogP contribution < -0.4 is 0 Å². The summed E-state index contributed by atoms with van der Waals surface area (Å²) in [7, 11) is 1.44. The molecule has 7 nitrogen and oxygen atoms in total. The van der Waals surface area contributed by atoms with Crippen LogP contribution in [-0.4, -0.2) is 85.1 Å². The zero-order valence-electron chi connectivity index (χ0n) is 19.9. The van der Waals surface area contributed by atoms with Crippen LogP contribution in [0.15, 0.2) is 24.3 Å². The Kier molecular flexibility index (Phi) is 14.0. The predicted molar refractivity (Wildman–Crippen MR) is 132 cm³/mol. The zero-order valence-corrected chi connectivity index (χ0v) is 23.4. The van der Waals surface area contributed by atoms with Crippen molar-refractivity contribution < 1.29 is 41.1 Å². The summed E-state index contributed by atoms with van der Waals surface area (Å²) >= 11 is 10.9. The monoisotopic (exact) mass is 609 g/mol. The van der Waals surface area contributed by atoms with Gasteiger partial charge in [0.15, 0.2) is 0 Å². The molecule has 1 aromatic carbocycles. The van der Waals surface area contributed by atoms with E-state index in [4.69, 9.17) is 33.5 Å². The molecule has 0 N–H and O–H groups in total. The third-order valence-corrected chi connectivity index (χ3v) is 7.24. The van der Waals surface area contributed by atoms with E-state index in [1.54, 1.807) is 12.1 Å². The van der Waals surface area contributed by atoms with Crippen LogP contribution in [0.2, 0.25) is 0 Å². The maximum absolute atomic E-state index is 13.5. The van der Waals surface area contributed by atoms with Crippen molar-refractivity contribution in [3.05, 3.63) is 41.0 Å². The van der Waals surface area contributed by atoms with Gasteiger partial charge in [-0.15, -0.1) is 0 Å². The maximum atomic E-state index is 13.5. The van der Waals surface area contributed by atoms with Crippen molar-refractivity contribution in [3.63, 3.8) is 0 Å². The Morgan fingerprint density at radius 2 is 1.89 bits per heavy atom. The summed E-state index contributed by atoms with van der Waals surface area (Å²) in [5, 5.41) is 3.97. The van der Waals surface area contributed by atoms with E-state index < -0.39 is 0 Å². The Bertz CT molecular complexity index is 807. The molecule has 35 heavy (non-hydrogen) atoms. The molecule has 2 bridgehead atoms.